The molecule has 3 rings (SSSR count). The summed E-state index contributed by atoms with van der Waals surface area (Å²) in [5, 5.41) is 2.68. The van der Waals surface area contributed by atoms with Gasteiger partial charge in [-0.2, -0.15) is 4.31 Å². The fourth-order valence-corrected chi connectivity index (χ4v) is 4.88. The van der Waals surface area contributed by atoms with E-state index in [9.17, 15) is 17.6 Å². The maximum Gasteiger partial charge on any atom is 0.254 e. The average molecular weight is 399 g/mol. The highest BCUT2D eigenvalue weighted by Crippen LogP contribution is 2.22. The van der Waals surface area contributed by atoms with Crippen LogP contribution in [0.2, 0.25) is 0 Å². The molecule has 2 fully saturated rings. The van der Waals surface area contributed by atoms with Crippen LogP contribution in [0.5, 0.6) is 0 Å². The molecule has 2 aliphatic heterocycles. The monoisotopic (exact) mass is 399 g/mol. The van der Waals surface area contributed by atoms with Crippen molar-refractivity contribution in [2.45, 2.75) is 24.2 Å². The Hall–Kier alpha value is -1.55. The minimum Gasteiger partial charge on any atom is -0.379 e. The van der Waals surface area contributed by atoms with E-state index < -0.39 is 21.7 Å². The van der Waals surface area contributed by atoms with E-state index in [1.54, 1.807) is 0 Å². The molecule has 0 unspecified atom stereocenters. The maximum absolute atomic E-state index is 14.1. The molecule has 1 amide bonds. The summed E-state index contributed by atoms with van der Waals surface area (Å²) < 4.78 is 46.0. The highest BCUT2D eigenvalue weighted by molar-refractivity contribution is 7.89. The van der Waals surface area contributed by atoms with Crippen LogP contribution >= 0.6 is 0 Å². The summed E-state index contributed by atoms with van der Waals surface area (Å²) in [5.74, 6) is -1.31. The third-order valence-electron chi connectivity index (χ3n) is 4.93. The van der Waals surface area contributed by atoms with Crippen molar-refractivity contribution in [3.63, 3.8) is 0 Å². The van der Waals surface area contributed by atoms with Gasteiger partial charge in [0, 0.05) is 32.7 Å². The van der Waals surface area contributed by atoms with Gasteiger partial charge in [0.15, 0.2) is 0 Å². The molecule has 0 atom stereocenters. The topological polar surface area (TPSA) is 79.0 Å². The number of carbonyl (C=O) groups is 1. The van der Waals surface area contributed by atoms with Crippen LogP contribution in [-0.4, -0.2) is 76.0 Å². The lowest BCUT2D eigenvalue weighted by Gasteiger charge is -2.26. The molecule has 150 valence electrons. The quantitative estimate of drug-likeness (QED) is 0.694. The molecular weight excluding hydrogens is 373 g/mol. The Kier molecular flexibility index (Phi) is 6.80. The molecule has 9 heteroatoms. The molecule has 0 radical (unpaired) electrons. The SMILES string of the molecule is O=C(NCCCN1CCOCC1)c1cc(S(=O)(=O)N2CCCC2)ccc1F. The second kappa shape index (κ2) is 9.09. The Bertz CT molecular complexity index is 760. The standard InChI is InChI=1S/C18H26FN3O4S/c19-17-5-4-15(27(24,25)22-8-1-2-9-22)14-16(17)18(23)20-6-3-7-21-10-12-26-13-11-21/h4-5,14H,1-3,6-13H2,(H,20,23). The van der Waals surface area contributed by atoms with Gasteiger partial charge in [-0.05, 0) is 44.0 Å². The van der Waals surface area contributed by atoms with E-state index in [1.807, 2.05) is 0 Å². The van der Waals surface area contributed by atoms with Gasteiger partial charge in [0.05, 0.1) is 23.7 Å². The first-order valence-electron chi connectivity index (χ1n) is 9.36. The van der Waals surface area contributed by atoms with Gasteiger partial charge in [0.25, 0.3) is 5.91 Å². The van der Waals surface area contributed by atoms with Gasteiger partial charge in [0.2, 0.25) is 10.0 Å². The van der Waals surface area contributed by atoms with Crippen molar-refractivity contribution in [3.8, 4) is 0 Å². The lowest BCUT2D eigenvalue weighted by Crippen LogP contribution is -2.38. The van der Waals surface area contributed by atoms with Gasteiger partial charge in [-0.25, -0.2) is 12.8 Å². The number of hydrogen-bond acceptors (Lipinski definition) is 5. The minimum atomic E-state index is -3.68. The van der Waals surface area contributed by atoms with Crippen LogP contribution in [-0.2, 0) is 14.8 Å². The van der Waals surface area contributed by atoms with Crippen molar-refractivity contribution < 1.29 is 22.3 Å². The molecule has 0 bridgehead atoms. The van der Waals surface area contributed by atoms with Gasteiger partial charge in [-0.15, -0.1) is 0 Å². The molecule has 0 spiro atoms. The molecule has 2 saturated heterocycles. The lowest BCUT2D eigenvalue weighted by atomic mass is 10.2. The fourth-order valence-electron chi connectivity index (χ4n) is 3.34. The molecule has 27 heavy (non-hydrogen) atoms. The number of nitrogens with zero attached hydrogens (tertiary/aromatic N) is 2. The first kappa shape index (κ1) is 20.2. The van der Waals surface area contributed by atoms with E-state index >= 15 is 0 Å². The second-order valence-electron chi connectivity index (χ2n) is 6.82. The number of morpholine rings is 1. The smallest absolute Gasteiger partial charge is 0.254 e. The molecule has 7 nitrogen and oxygen atoms in total. The normalized spacial score (nSPS) is 19.3. The molecule has 0 aromatic heterocycles. The Morgan fingerprint density at radius 3 is 2.56 bits per heavy atom. The van der Waals surface area contributed by atoms with Crippen LogP contribution in [0.15, 0.2) is 23.1 Å². The molecule has 0 saturated carbocycles. The Balaban J connectivity index is 1.59. The third-order valence-corrected chi connectivity index (χ3v) is 6.82. The summed E-state index contributed by atoms with van der Waals surface area (Å²) in [5.41, 5.74) is -0.235. The van der Waals surface area contributed by atoms with Crippen LogP contribution in [0, 0.1) is 5.82 Å². The summed E-state index contributed by atoms with van der Waals surface area (Å²) in [6.07, 6.45) is 2.37. The number of benzene rings is 1. The Morgan fingerprint density at radius 1 is 1.15 bits per heavy atom. The van der Waals surface area contributed by atoms with E-state index in [4.69, 9.17) is 4.74 Å². The molecule has 1 aromatic rings. The van der Waals surface area contributed by atoms with Gasteiger partial charge < -0.3 is 10.1 Å². The number of ether oxygens (including phenoxy) is 1. The number of carbonyl (C=O) groups excluding carboxylic acids is 1. The molecule has 0 aliphatic carbocycles. The zero-order chi connectivity index (χ0) is 19.3. The van der Waals surface area contributed by atoms with Gasteiger partial charge >= 0.3 is 0 Å². The first-order chi connectivity index (χ1) is 13.0. The molecule has 1 N–H and O–H groups in total. The van der Waals surface area contributed by atoms with Gasteiger partial charge in [-0.3, -0.25) is 9.69 Å². The summed E-state index contributed by atoms with van der Waals surface area (Å²) in [6, 6.07) is 3.41. The summed E-state index contributed by atoms with van der Waals surface area (Å²) >= 11 is 0. The summed E-state index contributed by atoms with van der Waals surface area (Å²) in [4.78, 5) is 14.5. The highest BCUT2D eigenvalue weighted by atomic mass is 32.2. The van der Waals surface area contributed by atoms with Crippen molar-refractivity contribution in [1.29, 1.82) is 0 Å². The fraction of sp³-hybridized carbons (Fsp3) is 0.611. The molecule has 2 heterocycles. The van der Waals surface area contributed by atoms with Crippen molar-refractivity contribution in [1.82, 2.24) is 14.5 Å². The Labute approximate surface area is 159 Å². The summed E-state index contributed by atoms with van der Waals surface area (Å²) in [6.45, 7) is 5.34. The van der Waals surface area contributed by atoms with Crippen molar-refractivity contribution in [3.05, 3.63) is 29.6 Å². The van der Waals surface area contributed by atoms with Crippen molar-refractivity contribution in [2.24, 2.45) is 0 Å². The van der Waals surface area contributed by atoms with E-state index in [0.29, 0.717) is 19.6 Å². The summed E-state index contributed by atoms with van der Waals surface area (Å²) in [7, 11) is -3.68. The predicted molar refractivity (Wildman–Crippen MR) is 98.6 cm³/mol. The second-order valence-corrected chi connectivity index (χ2v) is 8.75. The van der Waals surface area contributed by atoms with E-state index in [1.165, 1.54) is 10.4 Å². The number of halogens is 1. The molecule has 2 aliphatic rings. The van der Waals surface area contributed by atoms with Crippen LogP contribution < -0.4 is 5.32 Å². The number of hydrogen-bond donors (Lipinski definition) is 1. The third kappa shape index (κ3) is 5.04. The highest BCUT2D eigenvalue weighted by Gasteiger charge is 2.28. The zero-order valence-corrected chi connectivity index (χ0v) is 16.1. The van der Waals surface area contributed by atoms with Crippen LogP contribution in [0.4, 0.5) is 4.39 Å². The van der Waals surface area contributed by atoms with Crippen molar-refractivity contribution >= 4 is 15.9 Å². The van der Waals surface area contributed by atoms with Crippen LogP contribution in [0.25, 0.3) is 0 Å². The number of rotatable bonds is 7. The minimum absolute atomic E-state index is 0.0377. The van der Waals surface area contributed by atoms with Crippen LogP contribution in [0.1, 0.15) is 29.6 Å². The van der Waals surface area contributed by atoms with E-state index in [0.717, 1.165) is 64.2 Å². The van der Waals surface area contributed by atoms with E-state index in [2.05, 4.69) is 10.2 Å². The maximum atomic E-state index is 14.1. The Morgan fingerprint density at radius 2 is 1.85 bits per heavy atom. The van der Waals surface area contributed by atoms with E-state index in [-0.39, 0.29) is 10.5 Å². The first-order valence-corrected chi connectivity index (χ1v) is 10.8. The van der Waals surface area contributed by atoms with Gasteiger partial charge in [-0.1, -0.05) is 0 Å². The number of nitrogens with one attached hydrogen (secondary N) is 1. The van der Waals surface area contributed by atoms with Gasteiger partial charge in [0.1, 0.15) is 5.82 Å². The molecule has 1 aromatic carbocycles. The molecular formula is C18H26FN3O4S. The number of amides is 1. The zero-order valence-electron chi connectivity index (χ0n) is 15.3. The predicted octanol–water partition coefficient (Wildman–Crippen LogP) is 1.06. The average Bonchev–Trinajstić information content (AvgIpc) is 3.22. The van der Waals surface area contributed by atoms with Crippen LogP contribution in [0.3, 0.4) is 0 Å². The largest absolute Gasteiger partial charge is 0.379 e. The lowest BCUT2D eigenvalue weighted by molar-refractivity contribution is 0.0374. The van der Waals surface area contributed by atoms with Crippen molar-refractivity contribution in [2.75, 3.05) is 52.5 Å². The number of sulfonamides is 1.